The average molecular weight is 325 g/mol. The molecular formula is C13H15N3O5S. The zero-order valence-corrected chi connectivity index (χ0v) is 12.4. The lowest BCUT2D eigenvalue weighted by Gasteiger charge is -2.15. The lowest BCUT2D eigenvalue weighted by atomic mass is 10.2. The van der Waals surface area contributed by atoms with Gasteiger partial charge in [0.25, 0.3) is 5.91 Å². The van der Waals surface area contributed by atoms with E-state index < -0.39 is 28.4 Å². The Balaban J connectivity index is 2.23. The van der Waals surface area contributed by atoms with Gasteiger partial charge in [0.15, 0.2) is 5.75 Å². The molecule has 0 aliphatic heterocycles. The van der Waals surface area contributed by atoms with E-state index in [-0.39, 0.29) is 5.75 Å². The van der Waals surface area contributed by atoms with Crippen LogP contribution in [0.3, 0.4) is 0 Å². The van der Waals surface area contributed by atoms with E-state index in [2.05, 4.69) is 4.98 Å². The summed E-state index contributed by atoms with van der Waals surface area (Å²) in [6.07, 6.45) is 1.85. The Morgan fingerprint density at radius 2 is 2.14 bits per heavy atom. The van der Waals surface area contributed by atoms with E-state index in [0.29, 0.717) is 10.8 Å². The number of nitrogens with two attached hydrogens (primary N) is 1. The molecule has 0 spiro atoms. The summed E-state index contributed by atoms with van der Waals surface area (Å²) in [6, 6.07) is 4.99. The molecule has 2 rings (SSSR count). The highest BCUT2D eigenvalue weighted by atomic mass is 32.2. The van der Waals surface area contributed by atoms with Crippen molar-refractivity contribution in [2.45, 2.75) is 19.1 Å². The van der Waals surface area contributed by atoms with Crippen LogP contribution in [0, 0.1) is 0 Å². The lowest BCUT2D eigenvalue weighted by molar-refractivity contribution is -0.122. The highest BCUT2D eigenvalue weighted by Crippen LogP contribution is 2.25. The SMILES string of the molecule is C[C@@H](O)[C@H](N)C(=O)NS(=O)(=O)Oc1cccc2cnccc12. The minimum absolute atomic E-state index is 0.0471. The van der Waals surface area contributed by atoms with Gasteiger partial charge in [0.2, 0.25) is 0 Å². The van der Waals surface area contributed by atoms with Crippen LogP contribution in [0.25, 0.3) is 10.8 Å². The van der Waals surface area contributed by atoms with E-state index in [1.54, 1.807) is 29.1 Å². The number of hydrogen-bond acceptors (Lipinski definition) is 7. The van der Waals surface area contributed by atoms with Gasteiger partial charge in [0.1, 0.15) is 6.04 Å². The minimum Gasteiger partial charge on any atom is -0.391 e. The molecule has 2 atom stereocenters. The van der Waals surface area contributed by atoms with Gasteiger partial charge in [-0.1, -0.05) is 12.1 Å². The van der Waals surface area contributed by atoms with Crippen molar-refractivity contribution >= 4 is 27.0 Å². The fraction of sp³-hybridized carbons (Fsp3) is 0.231. The van der Waals surface area contributed by atoms with Gasteiger partial charge in [-0.05, 0) is 19.1 Å². The highest BCUT2D eigenvalue weighted by Gasteiger charge is 2.25. The fourth-order valence-corrected chi connectivity index (χ4v) is 2.52. The molecule has 1 aromatic carbocycles. The lowest BCUT2D eigenvalue weighted by Crippen LogP contribution is -2.49. The Kier molecular flexibility index (Phi) is 4.59. The molecule has 0 unspecified atom stereocenters. The molecule has 0 bridgehead atoms. The first-order valence-corrected chi connectivity index (χ1v) is 7.73. The second-order valence-corrected chi connectivity index (χ2v) is 5.90. The van der Waals surface area contributed by atoms with Crippen molar-refractivity contribution < 1.29 is 22.5 Å². The third-order valence-corrected chi connectivity index (χ3v) is 3.74. The number of nitrogens with zero attached hydrogens (tertiary/aromatic N) is 1. The number of benzene rings is 1. The van der Waals surface area contributed by atoms with Crippen molar-refractivity contribution in [2.75, 3.05) is 0 Å². The molecule has 118 valence electrons. The van der Waals surface area contributed by atoms with Crippen molar-refractivity contribution in [2.24, 2.45) is 5.73 Å². The molecule has 9 heteroatoms. The van der Waals surface area contributed by atoms with Crippen LogP contribution >= 0.6 is 0 Å². The Morgan fingerprint density at radius 1 is 1.41 bits per heavy atom. The molecule has 1 aromatic heterocycles. The predicted molar refractivity (Wildman–Crippen MR) is 79.1 cm³/mol. The zero-order valence-electron chi connectivity index (χ0n) is 11.6. The highest BCUT2D eigenvalue weighted by molar-refractivity contribution is 7.85. The van der Waals surface area contributed by atoms with Crippen molar-refractivity contribution in [1.82, 2.24) is 9.71 Å². The molecule has 4 N–H and O–H groups in total. The van der Waals surface area contributed by atoms with Crippen LogP contribution < -0.4 is 14.6 Å². The third kappa shape index (κ3) is 3.70. The van der Waals surface area contributed by atoms with E-state index in [0.717, 1.165) is 0 Å². The molecule has 1 amide bonds. The summed E-state index contributed by atoms with van der Waals surface area (Å²) in [4.78, 5) is 15.5. The summed E-state index contributed by atoms with van der Waals surface area (Å²) in [6.45, 7) is 1.27. The molecule has 2 aromatic rings. The van der Waals surface area contributed by atoms with Gasteiger partial charge in [0, 0.05) is 23.2 Å². The summed E-state index contributed by atoms with van der Waals surface area (Å²) in [5, 5.41) is 10.4. The van der Waals surface area contributed by atoms with Gasteiger partial charge in [-0.3, -0.25) is 9.78 Å². The Morgan fingerprint density at radius 3 is 2.82 bits per heavy atom. The normalized spacial score (nSPS) is 14.3. The molecular weight excluding hydrogens is 310 g/mol. The molecule has 0 saturated carbocycles. The molecule has 8 nitrogen and oxygen atoms in total. The van der Waals surface area contributed by atoms with E-state index >= 15 is 0 Å². The predicted octanol–water partition coefficient (Wildman–Crippen LogP) is -0.317. The number of carbonyl (C=O) groups is 1. The van der Waals surface area contributed by atoms with Crippen molar-refractivity contribution in [1.29, 1.82) is 0 Å². The summed E-state index contributed by atoms with van der Waals surface area (Å²) >= 11 is 0. The maximum atomic E-state index is 11.9. The van der Waals surface area contributed by atoms with Gasteiger partial charge < -0.3 is 15.0 Å². The number of hydrogen-bond donors (Lipinski definition) is 3. The summed E-state index contributed by atoms with van der Waals surface area (Å²) < 4.78 is 30.3. The van der Waals surface area contributed by atoms with Crippen molar-refractivity contribution in [3.8, 4) is 5.75 Å². The van der Waals surface area contributed by atoms with Crippen LogP contribution in [0.4, 0.5) is 0 Å². The zero-order chi connectivity index (χ0) is 16.3. The summed E-state index contributed by atoms with van der Waals surface area (Å²) in [5.41, 5.74) is 5.36. The molecule has 0 aliphatic carbocycles. The van der Waals surface area contributed by atoms with Gasteiger partial charge in [-0.25, -0.2) is 4.72 Å². The van der Waals surface area contributed by atoms with Gasteiger partial charge in [-0.2, -0.15) is 8.42 Å². The van der Waals surface area contributed by atoms with E-state index in [9.17, 15) is 18.3 Å². The van der Waals surface area contributed by atoms with Gasteiger partial charge in [-0.15, -0.1) is 0 Å². The van der Waals surface area contributed by atoms with Crippen LogP contribution in [0.1, 0.15) is 6.92 Å². The maximum absolute atomic E-state index is 11.9. The molecule has 0 saturated heterocycles. The number of aromatic nitrogens is 1. The topological polar surface area (TPSA) is 132 Å². The van der Waals surface area contributed by atoms with Crippen LogP contribution in [-0.4, -0.2) is 36.6 Å². The number of carbonyl (C=O) groups excluding carboxylic acids is 1. The molecule has 22 heavy (non-hydrogen) atoms. The number of aliphatic hydroxyl groups is 1. The van der Waals surface area contributed by atoms with Gasteiger partial charge in [0.05, 0.1) is 6.10 Å². The first-order chi connectivity index (χ1) is 10.3. The summed E-state index contributed by atoms with van der Waals surface area (Å²) in [7, 11) is -4.41. The van der Waals surface area contributed by atoms with Gasteiger partial charge >= 0.3 is 10.3 Å². The van der Waals surface area contributed by atoms with E-state index in [1.165, 1.54) is 19.2 Å². The molecule has 0 radical (unpaired) electrons. The number of pyridine rings is 1. The summed E-state index contributed by atoms with van der Waals surface area (Å²) in [5.74, 6) is -1.01. The van der Waals surface area contributed by atoms with Crippen LogP contribution in [-0.2, 0) is 15.1 Å². The van der Waals surface area contributed by atoms with Crippen LogP contribution in [0.5, 0.6) is 5.75 Å². The Hall–Kier alpha value is -2.23. The second kappa shape index (κ2) is 6.26. The first kappa shape index (κ1) is 16.1. The van der Waals surface area contributed by atoms with Crippen molar-refractivity contribution in [3.05, 3.63) is 36.7 Å². The largest absolute Gasteiger partial charge is 0.409 e. The Labute approximate surface area is 127 Å². The first-order valence-electron chi connectivity index (χ1n) is 6.32. The molecule has 0 fully saturated rings. The number of rotatable bonds is 5. The standard InChI is InChI=1S/C13H15N3O5S/c1-8(17)12(14)13(18)16-22(19,20)21-11-4-2-3-9-7-15-6-5-10(9)11/h2-8,12,17H,14H2,1H3,(H,16,18)/t8-,12+/m1/s1. The number of fused-ring (bicyclic) bond motifs is 1. The maximum Gasteiger partial charge on any atom is 0.409 e. The number of aliphatic hydroxyl groups excluding tert-OH is 1. The monoisotopic (exact) mass is 325 g/mol. The smallest absolute Gasteiger partial charge is 0.391 e. The second-order valence-electron chi connectivity index (χ2n) is 4.62. The van der Waals surface area contributed by atoms with Crippen molar-refractivity contribution in [3.63, 3.8) is 0 Å². The Bertz CT molecular complexity index is 786. The van der Waals surface area contributed by atoms with Crippen LogP contribution in [0.2, 0.25) is 0 Å². The third-order valence-electron chi connectivity index (χ3n) is 2.89. The minimum atomic E-state index is -4.41. The average Bonchev–Trinajstić information content (AvgIpc) is 2.45. The fourth-order valence-electron chi connectivity index (χ4n) is 1.71. The number of nitrogens with one attached hydrogen (secondary N) is 1. The quantitative estimate of drug-likeness (QED) is 0.686. The molecule has 1 heterocycles. The van der Waals surface area contributed by atoms with Crippen LogP contribution in [0.15, 0.2) is 36.7 Å². The van der Waals surface area contributed by atoms with E-state index in [1.807, 2.05) is 0 Å². The number of amides is 1. The van der Waals surface area contributed by atoms with E-state index in [4.69, 9.17) is 9.92 Å². The molecule has 0 aliphatic rings.